The molecule has 0 spiro atoms. The minimum absolute atomic E-state index is 0.0197. The van der Waals surface area contributed by atoms with Gasteiger partial charge in [-0.3, -0.25) is 0 Å². The standard InChI is InChI=1S/C20H26F2N2O2/c1-12-11-15(8-9-23(12)19(25)26-20(3,4)5)24-13(2)10-14-6-7-16(21)17(22)18(14)24/h6-7,12,15H,2,8-11H2,1,3-5H3. The third-order valence-corrected chi connectivity index (χ3v) is 4.97. The van der Waals surface area contributed by atoms with Crippen LogP contribution in [0.5, 0.6) is 0 Å². The van der Waals surface area contributed by atoms with E-state index in [1.54, 1.807) is 11.0 Å². The number of amides is 1. The molecular formula is C20H26F2N2O2. The Kier molecular flexibility index (Phi) is 4.71. The monoisotopic (exact) mass is 364 g/mol. The molecule has 1 aromatic rings. The molecule has 0 radical (unpaired) electrons. The van der Waals surface area contributed by atoms with Gasteiger partial charge >= 0.3 is 6.09 Å². The van der Waals surface area contributed by atoms with Gasteiger partial charge in [-0.15, -0.1) is 0 Å². The van der Waals surface area contributed by atoms with Crippen molar-refractivity contribution in [2.75, 3.05) is 11.4 Å². The maximum Gasteiger partial charge on any atom is 0.410 e. The number of hydrogen-bond acceptors (Lipinski definition) is 3. The molecule has 1 fully saturated rings. The van der Waals surface area contributed by atoms with Gasteiger partial charge < -0.3 is 14.5 Å². The molecule has 0 saturated carbocycles. The number of piperidine rings is 1. The molecule has 2 unspecified atom stereocenters. The molecule has 2 aliphatic rings. The summed E-state index contributed by atoms with van der Waals surface area (Å²) in [6.45, 7) is 12.0. The van der Waals surface area contributed by atoms with Crippen molar-refractivity contribution in [1.82, 2.24) is 4.90 Å². The highest BCUT2D eigenvalue weighted by Crippen LogP contribution is 2.41. The van der Waals surface area contributed by atoms with Gasteiger partial charge in [0.05, 0.1) is 5.69 Å². The molecule has 2 heterocycles. The second-order valence-corrected chi connectivity index (χ2v) is 8.18. The molecule has 142 valence electrons. The molecule has 3 rings (SSSR count). The Hall–Kier alpha value is -2.11. The molecular weight excluding hydrogens is 338 g/mol. The predicted molar refractivity (Wildman–Crippen MR) is 97.1 cm³/mol. The lowest BCUT2D eigenvalue weighted by Gasteiger charge is -2.42. The lowest BCUT2D eigenvalue weighted by molar-refractivity contribution is 0.0105. The molecule has 1 amide bonds. The highest BCUT2D eigenvalue weighted by molar-refractivity contribution is 5.69. The number of anilines is 1. The largest absolute Gasteiger partial charge is 0.444 e. The van der Waals surface area contributed by atoms with Gasteiger partial charge in [0, 0.05) is 30.7 Å². The first-order chi connectivity index (χ1) is 12.1. The van der Waals surface area contributed by atoms with Gasteiger partial charge in [0.2, 0.25) is 0 Å². The van der Waals surface area contributed by atoms with Crippen molar-refractivity contribution in [2.24, 2.45) is 0 Å². The predicted octanol–water partition coefficient (Wildman–Crippen LogP) is 4.63. The number of likely N-dealkylation sites (tertiary alicyclic amines) is 1. The average Bonchev–Trinajstić information content (AvgIpc) is 2.86. The van der Waals surface area contributed by atoms with Gasteiger partial charge in [0.15, 0.2) is 11.6 Å². The zero-order valence-electron chi connectivity index (χ0n) is 15.8. The maximum absolute atomic E-state index is 14.4. The summed E-state index contributed by atoms with van der Waals surface area (Å²) in [5.74, 6) is -1.66. The van der Waals surface area contributed by atoms with Crippen LogP contribution in [0.2, 0.25) is 0 Å². The van der Waals surface area contributed by atoms with E-state index in [9.17, 15) is 13.6 Å². The van der Waals surface area contributed by atoms with Gasteiger partial charge in [-0.05, 0) is 52.2 Å². The van der Waals surface area contributed by atoms with Gasteiger partial charge in [0.1, 0.15) is 5.60 Å². The first kappa shape index (κ1) is 18.7. The first-order valence-electron chi connectivity index (χ1n) is 9.02. The summed E-state index contributed by atoms with van der Waals surface area (Å²) in [7, 11) is 0. The normalized spacial score (nSPS) is 23.2. The Morgan fingerprint density at radius 1 is 1.31 bits per heavy atom. The number of benzene rings is 1. The fourth-order valence-corrected chi connectivity index (χ4v) is 3.86. The van der Waals surface area contributed by atoms with Crippen LogP contribution in [0, 0.1) is 11.6 Å². The summed E-state index contributed by atoms with van der Waals surface area (Å²) in [6.07, 6.45) is 1.49. The van der Waals surface area contributed by atoms with E-state index in [-0.39, 0.29) is 18.2 Å². The number of halogens is 2. The van der Waals surface area contributed by atoms with E-state index in [2.05, 4.69) is 6.58 Å². The number of hydrogen-bond donors (Lipinski definition) is 0. The molecule has 0 N–H and O–H groups in total. The van der Waals surface area contributed by atoms with Crippen molar-refractivity contribution in [3.05, 3.63) is 41.6 Å². The quantitative estimate of drug-likeness (QED) is 0.728. The van der Waals surface area contributed by atoms with Crippen LogP contribution in [0.1, 0.15) is 46.1 Å². The second kappa shape index (κ2) is 6.56. The highest BCUT2D eigenvalue weighted by atomic mass is 19.2. The first-order valence-corrected chi connectivity index (χ1v) is 9.02. The zero-order valence-corrected chi connectivity index (χ0v) is 15.8. The number of fused-ring (bicyclic) bond motifs is 1. The van der Waals surface area contributed by atoms with E-state index in [1.165, 1.54) is 6.07 Å². The van der Waals surface area contributed by atoms with E-state index >= 15 is 0 Å². The molecule has 1 aromatic carbocycles. The fourth-order valence-electron chi connectivity index (χ4n) is 3.86. The summed E-state index contributed by atoms with van der Waals surface area (Å²) in [6, 6.07) is 2.71. The zero-order chi connectivity index (χ0) is 19.2. The third-order valence-electron chi connectivity index (χ3n) is 4.97. The number of allylic oxidation sites excluding steroid dienone is 1. The molecule has 0 aliphatic carbocycles. The van der Waals surface area contributed by atoms with Gasteiger partial charge in [-0.25, -0.2) is 13.6 Å². The molecule has 6 heteroatoms. The Balaban J connectivity index is 1.77. The number of carbonyl (C=O) groups excluding carboxylic acids is 1. The van der Waals surface area contributed by atoms with Crippen molar-refractivity contribution in [3.63, 3.8) is 0 Å². The van der Waals surface area contributed by atoms with Crippen LogP contribution in [0.25, 0.3) is 0 Å². The third kappa shape index (κ3) is 3.41. The summed E-state index contributed by atoms with van der Waals surface area (Å²) in [5, 5.41) is 0. The van der Waals surface area contributed by atoms with Crippen LogP contribution in [0.4, 0.5) is 19.3 Å². The van der Waals surface area contributed by atoms with Crippen LogP contribution in [-0.4, -0.2) is 35.2 Å². The van der Waals surface area contributed by atoms with Crippen molar-refractivity contribution < 1.29 is 18.3 Å². The SMILES string of the molecule is C=C1Cc2ccc(F)c(F)c2N1C1CCN(C(=O)OC(C)(C)C)C(C)C1. The van der Waals surface area contributed by atoms with E-state index in [4.69, 9.17) is 4.74 Å². The minimum Gasteiger partial charge on any atom is -0.444 e. The Morgan fingerprint density at radius 3 is 2.62 bits per heavy atom. The van der Waals surface area contributed by atoms with Crippen LogP contribution >= 0.6 is 0 Å². The molecule has 2 aliphatic heterocycles. The smallest absolute Gasteiger partial charge is 0.410 e. The Labute approximate surface area is 153 Å². The van der Waals surface area contributed by atoms with E-state index in [0.29, 0.717) is 31.5 Å². The van der Waals surface area contributed by atoms with Crippen molar-refractivity contribution in [3.8, 4) is 0 Å². The van der Waals surface area contributed by atoms with Crippen LogP contribution in [0.3, 0.4) is 0 Å². The van der Waals surface area contributed by atoms with Crippen LogP contribution in [-0.2, 0) is 11.2 Å². The maximum atomic E-state index is 14.4. The number of carbonyl (C=O) groups is 1. The molecule has 4 nitrogen and oxygen atoms in total. The summed E-state index contributed by atoms with van der Waals surface area (Å²) < 4.78 is 33.6. The number of nitrogens with zero attached hydrogens (tertiary/aromatic N) is 2. The van der Waals surface area contributed by atoms with Gasteiger partial charge in [-0.1, -0.05) is 12.6 Å². The number of rotatable bonds is 1. The van der Waals surface area contributed by atoms with Gasteiger partial charge in [-0.2, -0.15) is 0 Å². The Morgan fingerprint density at radius 2 is 2.00 bits per heavy atom. The fraction of sp³-hybridized carbons (Fsp3) is 0.550. The van der Waals surface area contributed by atoms with Crippen LogP contribution < -0.4 is 4.90 Å². The van der Waals surface area contributed by atoms with Crippen molar-refractivity contribution in [2.45, 2.75) is 64.6 Å². The van der Waals surface area contributed by atoms with E-state index in [0.717, 1.165) is 11.3 Å². The van der Waals surface area contributed by atoms with Gasteiger partial charge in [0.25, 0.3) is 0 Å². The average molecular weight is 364 g/mol. The van der Waals surface area contributed by atoms with Crippen LogP contribution in [0.15, 0.2) is 24.4 Å². The number of ether oxygens (including phenoxy) is 1. The molecule has 0 aromatic heterocycles. The summed E-state index contributed by atoms with van der Waals surface area (Å²) >= 11 is 0. The minimum atomic E-state index is -0.845. The van der Waals surface area contributed by atoms with E-state index in [1.807, 2.05) is 32.6 Å². The Bertz CT molecular complexity index is 742. The topological polar surface area (TPSA) is 32.8 Å². The second-order valence-electron chi connectivity index (χ2n) is 8.18. The summed E-state index contributed by atoms with van der Waals surface area (Å²) in [4.78, 5) is 15.9. The lowest BCUT2D eigenvalue weighted by atomic mass is 9.96. The molecule has 1 saturated heterocycles. The molecule has 0 bridgehead atoms. The van der Waals surface area contributed by atoms with E-state index < -0.39 is 17.2 Å². The summed E-state index contributed by atoms with van der Waals surface area (Å²) in [5.41, 5.74) is 1.29. The molecule has 26 heavy (non-hydrogen) atoms. The highest BCUT2D eigenvalue weighted by Gasteiger charge is 2.38. The lowest BCUT2D eigenvalue weighted by Crippen LogP contribution is -2.51. The van der Waals surface area contributed by atoms with Crippen molar-refractivity contribution >= 4 is 11.8 Å². The molecule has 2 atom stereocenters. The van der Waals surface area contributed by atoms with Crippen molar-refractivity contribution in [1.29, 1.82) is 0 Å².